The van der Waals surface area contributed by atoms with E-state index in [-0.39, 0.29) is 30.8 Å². The topological polar surface area (TPSA) is 67.4 Å². The molecule has 2 unspecified atom stereocenters. The summed E-state index contributed by atoms with van der Waals surface area (Å²) in [6.45, 7) is 6.63. The number of carbonyl (C=O) groups excluding carboxylic acids is 2. The van der Waals surface area contributed by atoms with Crippen LogP contribution in [0.3, 0.4) is 0 Å². The molecule has 2 atom stereocenters. The molecule has 1 aromatic rings. The second-order valence-corrected chi connectivity index (χ2v) is 6.79. The maximum atomic E-state index is 12.3. The molecule has 0 saturated carbocycles. The standard InChI is InChI=1S/C20H30N2O3.ClH/c1-3-25-20(24)18(17-7-5-4-6-8-17)14-22-19(23)13-15(2)16-9-11-21-12-10-16;/h4-8,15-16,18,21H,3,9-14H2,1-2H3,(H,22,23);1H. The molecule has 2 rings (SSSR count). The van der Waals surface area contributed by atoms with Gasteiger partial charge in [-0.25, -0.2) is 0 Å². The van der Waals surface area contributed by atoms with Crippen molar-refractivity contribution in [3.63, 3.8) is 0 Å². The quantitative estimate of drug-likeness (QED) is 0.678. The predicted octanol–water partition coefficient (Wildman–Crippen LogP) is 2.90. The highest BCUT2D eigenvalue weighted by molar-refractivity contribution is 5.85. The molecule has 1 heterocycles. The van der Waals surface area contributed by atoms with Gasteiger partial charge >= 0.3 is 5.97 Å². The van der Waals surface area contributed by atoms with E-state index in [0.717, 1.165) is 31.5 Å². The predicted molar refractivity (Wildman–Crippen MR) is 105 cm³/mol. The number of amides is 1. The average Bonchev–Trinajstić information content (AvgIpc) is 2.63. The lowest BCUT2D eigenvalue weighted by atomic mass is 9.84. The van der Waals surface area contributed by atoms with E-state index in [1.165, 1.54) is 0 Å². The first-order chi connectivity index (χ1) is 12.1. The van der Waals surface area contributed by atoms with Gasteiger partial charge in [-0.05, 0) is 50.3 Å². The van der Waals surface area contributed by atoms with Crippen molar-refractivity contribution in [3.8, 4) is 0 Å². The van der Waals surface area contributed by atoms with Gasteiger partial charge in [0.05, 0.1) is 12.5 Å². The normalized spacial score (nSPS) is 16.8. The van der Waals surface area contributed by atoms with Gasteiger partial charge in [0.15, 0.2) is 0 Å². The first kappa shape index (κ1) is 22.5. The molecule has 1 fully saturated rings. The number of esters is 1. The van der Waals surface area contributed by atoms with Gasteiger partial charge in [-0.2, -0.15) is 0 Å². The highest BCUT2D eigenvalue weighted by Crippen LogP contribution is 2.24. The third kappa shape index (κ3) is 6.96. The molecule has 146 valence electrons. The van der Waals surface area contributed by atoms with Crippen LogP contribution in [-0.4, -0.2) is 38.1 Å². The number of carbonyl (C=O) groups is 2. The minimum atomic E-state index is -0.459. The fraction of sp³-hybridized carbons (Fsp3) is 0.600. The Kier molecular flexibility index (Phi) is 10.3. The number of hydrogen-bond acceptors (Lipinski definition) is 4. The highest BCUT2D eigenvalue weighted by atomic mass is 35.5. The number of halogens is 1. The molecule has 5 nitrogen and oxygen atoms in total. The summed E-state index contributed by atoms with van der Waals surface area (Å²) in [5, 5.41) is 6.29. The fourth-order valence-electron chi connectivity index (χ4n) is 3.43. The van der Waals surface area contributed by atoms with Crippen LogP contribution in [0.4, 0.5) is 0 Å². The molecule has 0 aliphatic carbocycles. The summed E-state index contributed by atoms with van der Waals surface area (Å²) in [5.74, 6) is 0.220. The third-order valence-corrected chi connectivity index (χ3v) is 4.97. The van der Waals surface area contributed by atoms with Gasteiger partial charge in [-0.15, -0.1) is 12.4 Å². The van der Waals surface area contributed by atoms with Gasteiger partial charge in [0.2, 0.25) is 5.91 Å². The summed E-state index contributed by atoms with van der Waals surface area (Å²) in [6, 6.07) is 9.48. The molecular weight excluding hydrogens is 352 g/mol. The summed E-state index contributed by atoms with van der Waals surface area (Å²) >= 11 is 0. The molecule has 0 spiro atoms. The molecule has 1 aromatic carbocycles. The Balaban J connectivity index is 0.00000338. The lowest BCUT2D eigenvalue weighted by molar-refractivity contribution is -0.144. The molecular formula is C20H31ClN2O3. The number of ether oxygens (including phenoxy) is 1. The first-order valence-electron chi connectivity index (χ1n) is 9.30. The van der Waals surface area contributed by atoms with Crippen LogP contribution in [0.2, 0.25) is 0 Å². The van der Waals surface area contributed by atoms with Crippen LogP contribution < -0.4 is 10.6 Å². The lowest BCUT2D eigenvalue weighted by Crippen LogP contribution is -2.36. The molecule has 26 heavy (non-hydrogen) atoms. The van der Waals surface area contributed by atoms with Crippen LogP contribution in [0.15, 0.2) is 30.3 Å². The van der Waals surface area contributed by atoms with Crippen LogP contribution in [0.5, 0.6) is 0 Å². The van der Waals surface area contributed by atoms with Crippen molar-refractivity contribution >= 4 is 24.3 Å². The zero-order valence-electron chi connectivity index (χ0n) is 15.7. The van der Waals surface area contributed by atoms with Crippen molar-refractivity contribution in [2.75, 3.05) is 26.2 Å². The van der Waals surface area contributed by atoms with Gasteiger partial charge in [-0.1, -0.05) is 37.3 Å². The average molecular weight is 383 g/mol. The molecule has 1 aliphatic heterocycles. The minimum absolute atomic E-state index is 0. The summed E-state index contributed by atoms with van der Waals surface area (Å²) in [5.41, 5.74) is 0.868. The van der Waals surface area contributed by atoms with Gasteiger partial charge < -0.3 is 15.4 Å². The number of benzene rings is 1. The van der Waals surface area contributed by atoms with Crippen molar-refractivity contribution < 1.29 is 14.3 Å². The summed E-state index contributed by atoms with van der Waals surface area (Å²) in [4.78, 5) is 24.6. The third-order valence-electron chi connectivity index (χ3n) is 4.97. The van der Waals surface area contributed by atoms with Gasteiger partial charge in [0, 0.05) is 13.0 Å². The number of nitrogens with one attached hydrogen (secondary N) is 2. The smallest absolute Gasteiger partial charge is 0.315 e. The van der Waals surface area contributed by atoms with Crippen molar-refractivity contribution in [3.05, 3.63) is 35.9 Å². The van der Waals surface area contributed by atoms with E-state index in [1.807, 2.05) is 30.3 Å². The van der Waals surface area contributed by atoms with E-state index < -0.39 is 5.92 Å². The van der Waals surface area contributed by atoms with Crippen LogP contribution in [0, 0.1) is 11.8 Å². The van der Waals surface area contributed by atoms with E-state index >= 15 is 0 Å². The number of rotatable bonds is 8. The Bertz CT molecular complexity index is 547. The lowest BCUT2D eigenvalue weighted by Gasteiger charge is -2.28. The maximum absolute atomic E-state index is 12.3. The van der Waals surface area contributed by atoms with Gasteiger partial charge in [0.1, 0.15) is 0 Å². The Labute approximate surface area is 162 Å². The minimum Gasteiger partial charge on any atom is -0.465 e. The Hall–Kier alpha value is -1.59. The van der Waals surface area contributed by atoms with Crippen molar-refractivity contribution in [2.24, 2.45) is 11.8 Å². The summed E-state index contributed by atoms with van der Waals surface area (Å²) in [6.07, 6.45) is 2.77. The molecule has 0 radical (unpaired) electrons. The Morgan fingerprint density at radius 2 is 1.88 bits per heavy atom. The molecule has 0 aromatic heterocycles. The van der Waals surface area contributed by atoms with Crippen LogP contribution in [0.25, 0.3) is 0 Å². The van der Waals surface area contributed by atoms with Crippen molar-refractivity contribution in [2.45, 2.75) is 39.0 Å². The monoisotopic (exact) mass is 382 g/mol. The molecule has 0 bridgehead atoms. The van der Waals surface area contributed by atoms with Crippen LogP contribution in [0.1, 0.15) is 44.6 Å². The zero-order valence-corrected chi connectivity index (χ0v) is 16.5. The largest absolute Gasteiger partial charge is 0.465 e. The number of hydrogen-bond donors (Lipinski definition) is 2. The Morgan fingerprint density at radius 1 is 1.23 bits per heavy atom. The molecule has 1 amide bonds. The summed E-state index contributed by atoms with van der Waals surface area (Å²) in [7, 11) is 0. The molecule has 1 aliphatic rings. The summed E-state index contributed by atoms with van der Waals surface area (Å²) < 4.78 is 5.17. The fourth-order valence-corrected chi connectivity index (χ4v) is 3.43. The SMILES string of the molecule is CCOC(=O)C(CNC(=O)CC(C)C1CCNCC1)c1ccccc1.Cl. The zero-order chi connectivity index (χ0) is 18.1. The van der Waals surface area contributed by atoms with E-state index in [1.54, 1.807) is 6.92 Å². The van der Waals surface area contributed by atoms with Crippen molar-refractivity contribution in [1.82, 2.24) is 10.6 Å². The highest BCUT2D eigenvalue weighted by Gasteiger charge is 2.25. The van der Waals surface area contributed by atoms with Gasteiger partial charge in [-0.3, -0.25) is 9.59 Å². The second-order valence-electron chi connectivity index (χ2n) is 6.79. The molecule has 1 saturated heterocycles. The first-order valence-corrected chi connectivity index (χ1v) is 9.30. The van der Waals surface area contributed by atoms with Crippen LogP contribution in [-0.2, 0) is 14.3 Å². The number of piperidine rings is 1. The Morgan fingerprint density at radius 3 is 2.50 bits per heavy atom. The van der Waals surface area contributed by atoms with Crippen LogP contribution >= 0.6 is 12.4 Å². The van der Waals surface area contributed by atoms with E-state index in [4.69, 9.17) is 4.74 Å². The maximum Gasteiger partial charge on any atom is 0.315 e. The molecule has 2 N–H and O–H groups in total. The van der Waals surface area contributed by atoms with E-state index in [0.29, 0.717) is 24.9 Å². The molecule has 6 heteroatoms. The van der Waals surface area contributed by atoms with Crippen molar-refractivity contribution in [1.29, 1.82) is 0 Å². The second kappa shape index (κ2) is 11.9. The van der Waals surface area contributed by atoms with E-state index in [9.17, 15) is 9.59 Å². The van der Waals surface area contributed by atoms with Gasteiger partial charge in [0.25, 0.3) is 0 Å². The van der Waals surface area contributed by atoms with E-state index in [2.05, 4.69) is 17.6 Å².